The monoisotopic (exact) mass is 746 g/mol. The fourth-order valence-corrected chi connectivity index (χ4v) is 11.9. The first-order valence-corrected chi connectivity index (χ1v) is 20.4. The van der Waals surface area contributed by atoms with Crippen LogP contribution in [0.1, 0.15) is 106 Å². The molecular weight excluding hydrogens is 689 g/mol. The fraction of sp³-hybridized carbons (Fsp3) is 0.568. The highest BCUT2D eigenvalue weighted by Gasteiger charge is 2.60. The lowest BCUT2D eigenvalue weighted by Crippen LogP contribution is -2.56. The van der Waals surface area contributed by atoms with Gasteiger partial charge < -0.3 is 20.5 Å². The predicted molar refractivity (Wildman–Crippen MR) is 217 cm³/mol. The maximum atomic E-state index is 13.7. The van der Waals surface area contributed by atoms with E-state index in [0.29, 0.717) is 34.9 Å². The van der Waals surface area contributed by atoms with Crippen molar-refractivity contribution in [3.63, 3.8) is 0 Å². The van der Waals surface area contributed by atoms with E-state index in [9.17, 15) is 14.4 Å². The molecule has 0 radical (unpaired) electrons. The van der Waals surface area contributed by atoms with E-state index in [4.69, 9.17) is 4.98 Å². The summed E-state index contributed by atoms with van der Waals surface area (Å²) < 4.78 is 1.93. The van der Waals surface area contributed by atoms with Gasteiger partial charge in [0.1, 0.15) is 5.82 Å². The summed E-state index contributed by atoms with van der Waals surface area (Å²) in [4.78, 5) is 52.0. The number of anilines is 1. The summed E-state index contributed by atoms with van der Waals surface area (Å²) in [5.74, 6) is 1.72. The van der Waals surface area contributed by atoms with E-state index >= 15 is 0 Å². The number of nitrogens with one attached hydrogen (secondary N) is 3. The molecule has 2 atom stereocenters. The van der Waals surface area contributed by atoms with E-state index in [0.717, 1.165) is 77.7 Å². The van der Waals surface area contributed by atoms with E-state index in [1.807, 2.05) is 36.9 Å². The SMILES string of the molecule is Cc1cc(C)c(CNC(=O)c2cc(-c3ccc(N4CCN(CCNC(=O)CC56CC7CC(C)(CC(C)(C7)C5)C6)CC4)nc3)cc3c2cnn3C(C)C)c(=O)[nH]1. The third kappa shape index (κ3) is 7.56. The van der Waals surface area contributed by atoms with Crippen molar-refractivity contribution in [3.8, 4) is 11.1 Å². The molecule has 4 bridgehead atoms. The van der Waals surface area contributed by atoms with Crippen LogP contribution in [0.15, 0.2) is 47.5 Å². The smallest absolute Gasteiger partial charge is 0.253 e. The van der Waals surface area contributed by atoms with Crippen molar-refractivity contribution in [1.82, 2.24) is 35.3 Å². The maximum absolute atomic E-state index is 13.7. The second-order valence-electron chi connectivity index (χ2n) is 18.7. The number of H-pyrrole nitrogens is 1. The number of hydrogen-bond donors (Lipinski definition) is 3. The van der Waals surface area contributed by atoms with Gasteiger partial charge in [-0.2, -0.15) is 5.10 Å². The van der Waals surface area contributed by atoms with Crippen LogP contribution in [0, 0.1) is 36.0 Å². The van der Waals surface area contributed by atoms with Gasteiger partial charge in [-0.3, -0.25) is 24.0 Å². The van der Waals surface area contributed by atoms with Crippen molar-refractivity contribution in [2.24, 2.45) is 22.2 Å². The van der Waals surface area contributed by atoms with E-state index in [-0.39, 0.29) is 35.4 Å². The molecular formula is C44H58N8O3. The molecule has 1 saturated heterocycles. The zero-order chi connectivity index (χ0) is 38.7. The average Bonchev–Trinajstić information content (AvgIpc) is 3.54. The van der Waals surface area contributed by atoms with E-state index in [1.165, 1.54) is 38.5 Å². The number of nitrogens with zero attached hydrogens (tertiary/aromatic N) is 5. The Hall–Kier alpha value is -4.51. The molecule has 9 rings (SSSR count). The highest BCUT2D eigenvalue weighted by molar-refractivity contribution is 6.08. The largest absolute Gasteiger partial charge is 0.355 e. The number of aromatic amines is 1. The minimum atomic E-state index is -0.261. The predicted octanol–water partition coefficient (Wildman–Crippen LogP) is 6.54. The molecule has 2 unspecified atom stereocenters. The molecule has 5 fully saturated rings. The van der Waals surface area contributed by atoms with Crippen LogP contribution in [0.2, 0.25) is 0 Å². The lowest BCUT2D eigenvalue weighted by molar-refractivity contribution is -0.156. The fourth-order valence-electron chi connectivity index (χ4n) is 11.9. The van der Waals surface area contributed by atoms with Gasteiger partial charge in [0.2, 0.25) is 5.91 Å². The Balaban J connectivity index is 0.876. The minimum absolute atomic E-state index is 0.103. The first-order valence-electron chi connectivity index (χ1n) is 20.4. The van der Waals surface area contributed by atoms with Gasteiger partial charge in [-0.15, -0.1) is 0 Å². The number of carbonyl (C=O) groups excluding carboxylic acids is 2. The first kappa shape index (κ1) is 37.4. The lowest BCUT2D eigenvalue weighted by Gasteiger charge is -2.65. The van der Waals surface area contributed by atoms with Crippen LogP contribution >= 0.6 is 0 Å². The van der Waals surface area contributed by atoms with Crippen molar-refractivity contribution in [3.05, 3.63) is 75.5 Å². The third-order valence-electron chi connectivity index (χ3n) is 13.2. The molecule has 5 aliphatic rings. The van der Waals surface area contributed by atoms with Crippen LogP contribution in [-0.4, -0.2) is 75.7 Å². The van der Waals surface area contributed by atoms with Gasteiger partial charge in [-0.25, -0.2) is 4.98 Å². The summed E-state index contributed by atoms with van der Waals surface area (Å²) in [5, 5.41) is 11.7. The van der Waals surface area contributed by atoms with Crippen molar-refractivity contribution in [2.75, 3.05) is 44.2 Å². The number of rotatable bonds is 11. The number of benzene rings is 1. The Bertz CT molecular complexity index is 2140. The molecule has 4 saturated carbocycles. The minimum Gasteiger partial charge on any atom is -0.355 e. The molecule has 11 heteroatoms. The Kier molecular flexibility index (Phi) is 9.67. The number of amides is 2. The molecule has 292 valence electrons. The molecule has 1 aliphatic heterocycles. The quantitative estimate of drug-likeness (QED) is 0.159. The highest BCUT2D eigenvalue weighted by Crippen LogP contribution is 2.70. The van der Waals surface area contributed by atoms with E-state index in [1.54, 1.807) is 6.20 Å². The van der Waals surface area contributed by atoms with Crippen LogP contribution < -0.4 is 21.1 Å². The Morgan fingerprint density at radius 3 is 2.33 bits per heavy atom. The summed E-state index contributed by atoms with van der Waals surface area (Å²) in [7, 11) is 0. The second-order valence-corrected chi connectivity index (χ2v) is 18.7. The van der Waals surface area contributed by atoms with Crippen LogP contribution in [0.25, 0.3) is 22.0 Å². The summed E-state index contributed by atoms with van der Waals surface area (Å²) in [6, 6.07) is 10.1. The van der Waals surface area contributed by atoms with Gasteiger partial charge in [0, 0.05) is 86.7 Å². The third-order valence-corrected chi connectivity index (χ3v) is 13.2. The standard InChI is InChI=1S/C44H58N8O3/c1-28(2)52-37-17-33(16-34(36(37)24-48-52)40(54)47-23-35-29(3)15-30(4)49-41(35)55)32-7-8-38(46-22-32)51-13-11-50(12-14-51)10-9-45-39(53)21-44-20-31-18-42(5,26-44)25-43(6,19-31)27-44/h7-8,15-17,22,24,28,31H,9-14,18-21,23,25-27H2,1-6H3,(H,45,53)(H,47,54)(H,49,55). The Morgan fingerprint density at radius 1 is 0.927 bits per heavy atom. The number of piperazine rings is 1. The summed E-state index contributed by atoms with van der Waals surface area (Å²) in [5.41, 5.74) is 6.24. The number of hydrogen-bond acceptors (Lipinski definition) is 7. The topological polar surface area (TPSA) is 128 Å². The summed E-state index contributed by atoms with van der Waals surface area (Å²) >= 11 is 0. The van der Waals surface area contributed by atoms with Gasteiger partial charge in [-0.05, 0) is 130 Å². The number of fused-ring (bicyclic) bond motifs is 1. The zero-order valence-corrected chi connectivity index (χ0v) is 33.6. The second kappa shape index (κ2) is 14.2. The molecule has 55 heavy (non-hydrogen) atoms. The molecule has 1 aromatic carbocycles. The summed E-state index contributed by atoms with van der Waals surface area (Å²) in [6.07, 6.45) is 12.1. The number of aromatic nitrogens is 4. The summed E-state index contributed by atoms with van der Waals surface area (Å²) in [6.45, 7) is 18.1. The molecule has 4 aliphatic carbocycles. The Labute approximate surface area is 324 Å². The van der Waals surface area contributed by atoms with Gasteiger partial charge in [-0.1, -0.05) is 13.8 Å². The molecule has 2 amide bonds. The van der Waals surface area contributed by atoms with Crippen LogP contribution in [0.3, 0.4) is 0 Å². The lowest BCUT2D eigenvalue weighted by atomic mass is 9.40. The van der Waals surface area contributed by atoms with Crippen molar-refractivity contribution in [1.29, 1.82) is 0 Å². The highest BCUT2D eigenvalue weighted by atomic mass is 16.2. The van der Waals surface area contributed by atoms with Gasteiger partial charge in [0.05, 0.1) is 17.3 Å². The van der Waals surface area contributed by atoms with Gasteiger partial charge >= 0.3 is 0 Å². The maximum Gasteiger partial charge on any atom is 0.253 e. The average molecular weight is 747 g/mol. The van der Waals surface area contributed by atoms with Gasteiger partial charge in [0.25, 0.3) is 11.5 Å². The van der Waals surface area contributed by atoms with Crippen molar-refractivity contribution in [2.45, 2.75) is 99.1 Å². The Morgan fingerprint density at radius 2 is 1.67 bits per heavy atom. The molecule has 4 heterocycles. The van der Waals surface area contributed by atoms with Crippen LogP contribution in [-0.2, 0) is 11.3 Å². The molecule has 3 aromatic heterocycles. The molecule has 3 N–H and O–H groups in total. The van der Waals surface area contributed by atoms with Gasteiger partial charge in [0.15, 0.2) is 0 Å². The number of aryl methyl sites for hydroxylation is 2. The molecule has 11 nitrogen and oxygen atoms in total. The molecule has 0 spiro atoms. The van der Waals surface area contributed by atoms with Crippen molar-refractivity contribution >= 4 is 28.5 Å². The van der Waals surface area contributed by atoms with E-state index in [2.05, 4.69) is 76.4 Å². The van der Waals surface area contributed by atoms with Crippen LogP contribution in [0.5, 0.6) is 0 Å². The van der Waals surface area contributed by atoms with Crippen LogP contribution in [0.4, 0.5) is 5.82 Å². The first-order chi connectivity index (χ1) is 26.2. The number of pyridine rings is 2. The zero-order valence-electron chi connectivity index (χ0n) is 33.6. The van der Waals surface area contributed by atoms with E-state index < -0.39 is 0 Å². The van der Waals surface area contributed by atoms with Crippen molar-refractivity contribution < 1.29 is 9.59 Å². The normalized spacial score (nSPS) is 26.2. The number of carbonyl (C=O) groups is 2. The molecule has 4 aromatic rings.